The van der Waals surface area contributed by atoms with Gasteiger partial charge in [-0.1, -0.05) is 6.42 Å². The van der Waals surface area contributed by atoms with Crippen molar-refractivity contribution < 1.29 is 23.5 Å². The fraction of sp³-hybridized carbons (Fsp3) is 0.500. The van der Waals surface area contributed by atoms with Gasteiger partial charge in [-0.2, -0.15) is 0 Å². The summed E-state index contributed by atoms with van der Waals surface area (Å²) in [5, 5.41) is 9.23. The van der Waals surface area contributed by atoms with Gasteiger partial charge in [-0.15, -0.1) is 0 Å². The molecule has 7 nitrogen and oxygen atoms in total. The van der Waals surface area contributed by atoms with Gasteiger partial charge in [-0.25, -0.2) is 13.8 Å². The fourth-order valence-corrected chi connectivity index (χ4v) is 5.48. The van der Waals surface area contributed by atoms with Gasteiger partial charge in [0.15, 0.2) is 0 Å². The standard InChI is InChI=1S/C24H25F2N3O4/c1-24(2)18-19(26)14(12-6-7-12)11-15(25)20(18)29(23(24)33)21-22(32)28(9-8-27-21)16-5-3-4-13(16)10-17(30)31/h8-9,11-13,16H,3-7,10H2,1-2H3,(H,30,31)/t13-,16+/m1/s1. The van der Waals surface area contributed by atoms with E-state index in [0.717, 1.165) is 30.2 Å². The van der Waals surface area contributed by atoms with Gasteiger partial charge in [-0.05, 0) is 63.0 Å². The maximum absolute atomic E-state index is 15.5. The highest BCUT2D eigenvalue weighted by atomic mass is 19.1. The number of halogens is 2. The van der Waals surface area contributed by atoms with Gasteiger partial charge in [0.05, 0.1) is 17.5 Å². The van der Waals surface area contributed by atoms with Gasteiger partial charge in [0.2, 0.25) is 11.7 Å². The van der Waals surface area contributed by atoms with Crippen molar-refractivity contribution in [2.75, 3.05) is 4.90 Å². The van der Waals surface area contributed by atoms with E-state index in [1.165, 1.54) is 30.8 Å². The molecule has 1 amide bonds. The molecule has 9 heteroatoms. The van der Waals surface area contributed by atoms with E-state index in [4.69, 9.17) is 0 Å². The molecule has 3 aliphatic rings. The maximum Gasteiger partial charge on any atom is 0.303 e. The smallest absolute Gasteiger partial charge is 0.303 e. The molecule has 1 aromatic carbocycles. The van der Waals surface area contributed by atoms with Crippen molar-refractivity contribution >= 4 is 23.4 Å². The monoisotopic (exact) mass is 457 g/mol. The van der Waals surface area contributed by atoms with E-state index in [1.54, 1.807) is 0 Å². The normalized spacial score (nSPS) is 23.8. The molecule has 0 bridgehead atoms. The molecule has 0 spiro atoms. The topological polar surface area (TPSA) is 92.5 Å². The second-order valence-electron chi connectivity index (χ2n) is 9.84. The lowest BCUT2D eigenvalue weighted by molar-refractivity contribution is -0.138. The summed E-state index contributed by atoms with van der Waals surface area (Å²) in [5.41, 5.74) is -2.03. The van der Waals surface area contributed by atoms with E-state index < -0.39 is 34.5 Å². The molecule has 2 saturated carbocycles. The molecule has 33 heavy (non-hydrogen) atoms. The Labute approximate surface area is 189 Å². The number of aromatic nitrogens is 2. The van der Waals surface area contributed by atoms with Crippen molar-refractivity contribution in [1.82, 2.24) is 9.55 Å². The van der Waals surface area contributed by atoms with Crippen LogP contribution in [0.25, 0.3) is 0 Å². The van der Waals surface area contributed by atoms with Crippen LogP contribution in [0.1, 0.15) is 75.5 Å². The van der Waals surface area contributed by atoms with E-state index in [2.05, 4.69) is 4.98 Å². The Bertz CT molecular complexity index is 1230. The van der Waals surface area contributed by atoms with Crippen LogP contribution >= 0.6 is 0 Å². The summed E-state index contributed by atoms with van der Waals surface area (Å²) >= 11 is 0. The summed E-state index contributed by atoms with van der Waals surface area (Å²) in [6, 6.07) is 0.772. The van der Waals surface area contributed by atoms with E-state index >= 15 is 8.78 Å². The van der Waals surface area contributed by atoms with E-state index in [-0.39, 0.29) is 46.9 Å². The molecule has 2 aromatic rings. The molecule has 2 atom stereocenters. The number of amides is 1. The van der Waals surface area contributed by atoms with Gasteiger partial charge < -0.3 is 9.67 Å². The summed E-state index contributed by atoms with van der Waals surface area (Å²) in [6.07, 6.45) is 6.35. The number of carbonyl (C=O) groups is 2. The zero-order valence-electron chi connectivity index (χ0n) is 18.5. The van der Waals surface area contributed by atoms with E-state index in [0.29, 0.717) is 12.8 Å². The lowest BCUT2D eigenvalue weighted by Crippen LogP contribution is -2.39. The Hall–Kier alpha value is -3.10. The summed E-state index contributed by atoms with van der Waals surface area (Å²) in [6.45, 7) is 3.05. The Morgan fingerprint density at radius 1 is 1.21 bits per heavy atom. The van der Waals surface area contributed by atoms with E-state index in [9.17, 15) is 19.5 Å². The second kappa shape index (κ2) is 7.46. The maximum atomic E-state index is 15.5. The number of carboxylic acids is 1. The highest BCUT2D eigenvalue weighted by molar-refractivity contribution is 6.12. The number of hydrogen-bond donors (Lipinski definition) is 1. The quantitative estimate of drug-likeness (QED) is 0.728. The number of carbonyl (C=O) groups excluding carboxylic acids is 1. The van der Waals surface area contributed by atoms with Crippen LogP contribution in [0.4, 0.5) is 20.3 Å². The molecule has 0 radical (unpaired) electrons. The first-order chi connectivity index (χ1) is 15.6. The highest BCUT2D eigenvalue weighted by Crippen LogP contribution is 2.51. The van der Waals surface area contributed by atoms with Crippen molar-refractivity contribution in [3.05, 3.63) is 51.6 Å². The van der Waals surface area contributed by atoms with Crippen molar-refractivity contribution in [3.63, 3.8) is 0 Å². The number of benzene rings is 1. The van der Waals surface area contributed by atoms with Crippen molar-refractivity contribution in [3.8, 4) is 0 Å². The van der Waals surface area contributed by atoms with Crippen LogP contribution in [0.3, 0.4) is 0 Å². The number of nitrogens with zero attached hydrogens (tertiary/aromatic N) is 3. The Morgan fingerprint density at radius 3 is 2.61 bits per heavy atom. The Morgan fingerprint density at radius 2 is 1.94 bits per heavy atom. The van der Waals surface area contributed by atoms with Gasteiger partial charge in [-0.3, -0.25) is 19.3 Å². The number of fused-ring (bicyclic) bond motifs is 1. The molecule has 1 aliphatic heterocycles. The van der Waals surface area contributed by atoms with Gasteiger partial charge in [0.25, 0.3) is 5.56 Å². The third-order valence-corrected chi connectivity index (χ3v) is 7.30. The first kappa shape index (κ1) is 21.7. The predicted octanol–water partition coefficient (Wildman–Crippen LogP) is 4.17. The molecule has 1 N–H and O–H groups in total. The third kappa shape index (κ3) is 3.28. The zero-order chi connectivity index (χ0) is 23.7. The average Bonchev–Trinajstić information content (AvgIpc) is 3.45. The molecule has 2 fully saturated rings. The van der Waals surface area contributed by atoms with Gasteiger partial charge in [0, 0.05) is 24.0 Å². The van der Waals surface area contributed by atoms with Crippen molar-refractivity contribution in [2.24, 2.45) is 5.92 Å². The average molecular weight is 457 g/mol. The van der Waals surface area contributed by atoms with Crippen LogP contribution in [0.2, 0.25) is 0 Å². The molecule has 5 rings (SSSR count). The Balaban J connectivity index is 1.64. The molecular weight excluding hydrogens is 432 g/mol. The first-order valence-corrected chi connectivity index (χ1v) is 11.3. The molecule has 2 heterocycles. The number of aliphatic carboxylic acids is 1. The van der Waals surface area contributed by atoms with E-state index in [1.807, 2.05) is 0 Å². The van der Waals surface area contributed by atoms with Crippen LogP contribution in [-0.4, -0.2) is 26.5 Å². The summed E-state index contributed by atoms with van der Waals surface area (Å²) in [5.74, 6) is -3.50. The summed E-state index contributed by atoms with van der Waals surface area (Å²) in [7, 11) is 0. The zero-order valence-corrected chi connectivity index (χ0v) is 18.5. The minimum Gasteiger partial charge on any atom is -0.481 e. The SMILES string of the molecule is CC1(C)C(=O)N(c2nccn([C@H]3CCC[C@@H]3CC(=O)O)c2=O)c2c(F)cc(C3CC3)c(F)c21. The van der Waals surface area contributed by atoms with Crippen molar-refractivity contribution in [1.29, 1.82) is 0 Å². The van der Waals surface area contributed by atoms with Gasteiger partial charge >= 0.3 is 5.97 Å². The lowest BCUT2D eigenvalue weighted by Gasteiger charge is -2.23. The summed E-state index contributed by atoms with van der Waals surface area (Å²) < 4.78 is 32.2. The highest BCUT2D eigenvalue weighted by Gasteiger charge is 2.51. The predicted molar refractivity (Wildman–Crippen MR) is 116 cm³/mol. The fourth-order valence-electron chi connectivity index (χ4n) is 5.48. The minimum absolute atomic E-state index is 0.0457. The van der Waals surface area contributed by atoms with Crippen LogP contribution in [0.15, 0.2) is 23.3 Å². The molecule has 0 saturated heterocycles. The molecular formula is C24H25F2N3O4. The van der Waals surface area contributed by atoms with Crippen LogP contribution in [-0.2, 0) is 15.0 Å². The van der Waals surface area contributed by atoms with Gasteiger partial charge in [0.1, 0.15) is 11.6 Å². The second-order valence-corrected chi connectivity index (χ2v) is 9.84. The number of rotatable bonds is 5. The first-order valence-electron chi connectivity index (χ1n) is 11.3. The Kier molecular flexibility index (Phi) is 4.91. The molecule has 0 unspecified atom stereocenters. The van der Waals surface area contributed by atoms with Crippen LogP contribution in [0.5, 0.6) is 0 Å². The van der Waals surface area contributed by atoms with Crippen LogP contribution in [0, 0.1) is 17.6 Å². The number of carboxylic acid groups (broad SMARTS) is 1. The number of anilines is 2. The molecule has 1 aromatic heterocycles. The summed E-state index contributed by atoms with van der Waals surface area (Å²) in [4.78, 5) is 43.1. The number of hydrogen-bond acceptors (Lipinski definition) is 4. The minimum atomic E-state index is -1.38. The molecule has 2 aliphatic carbocycles. The third-order valence-electron chi connectivity index (χ3n) is 7.30. The van der Waals surface area contributed by atoms with Crippen LogP contribution < -0.4 is 10.5 Å². The lowest BCUT2D eigenvalue weighted by atomic mass is 9.84. The largest absolute Gasteiger partial charge is 0.481 e. The van der Waals surface area contributed by atoms with Crippen molar-refractivity contribution in [2.45, 2.75) is 69.7 Å². The molecule has 174 valence electrons.